The van der Waals surface area contributed by atoms with E-state index in [1.165, 1.54) is 18.2 Å². The maximum absolute atomic E-state index is 12.3. The van der Waals surface area contributed by atoms with E-state index in [0.29, 0.717) is 25.2 Å². The average molecular weight is 279 g/mol. The summed E-state index contributed by atoms with van der Waals surface area (Å²) in [4.78, 5) is 16.3. The molecule has 1 saturated heterocycles. The van der Waals surface area contributed by atoms with E-state index >= 15 is 0 Å². The van der Waals surface area contributed by atoms with Crippen LogP contribution in [-0.2, 0) is 0 Å². The zero-order valence-corrected chi connectivity index (χ0v) is 11.5. The molecule has 20 heavy (non-hydrogen) atoms. The first-order chi connectivity index (χ1) is 9.61. The van der Waals surface area contributed by atoms with Gasteiger partial charge in [0.1, 0.15) is 0 Å². The van der Waals surface area contributed by atoms with Gasteiger partial charge in [0, 0.05) is 31.7 Å². The van der Waals surface area contributed by atoms with E-state index in [9.17, 15) is 15.0 Å². The van der Waals surface area contributed by atoms with Crippen LogP contribution in [0.4, 0.5) is 0 Å². The van der Waals surface area contributed by atoms with Gasteiger partial charge in [0.2, 0.25) is 0 Å². The van der Waals surface area contributed by atoms with E-state index in [2.05, 4.69) is 4.90 Å². The van der Waals surface area contributed by atoms with Gasteiger partial charge in [0.05, 0.1) is 0 Å². The summed E-state index contributed by atoms with van der Waals surface area (Å²) in [6.45, 7) is 4.69. The first kappa shape index (κ1) is 14.6. The monoisotopic (exact) mass is 279 g/mol. The number of piperazine rings is 1. The number of nitrogens with two attached hydrogens (primary N) is 1. The zero-order valence-electron chi connectivity index (χ0n) is 11.5. The van der Waals surface area contributed by atoms with Crippen LogP contribution in [0.15, 0.2) is 18.2 Å². The lowest BCUT2D eigenvalue weighted by atomic mass is 10.1. The minimum absolute atomic E-state index is 0.112. The molecule has 0 saturated carbocycles. The van der Waals surface area contributed by atoms with Gasteiger partial charge in [-0.2, -0.15) is 0 Å². The van der Waals surface area contributed by atoms with E-state index in [1.54, 1.807) is 4.90 Å². The summed E-state index contributed by atoms with van der Waals surface area (Å²) in [7, 11) is 0. The van der Waals surface area contributed by atoms with Crippen molar-refractivity contribution in [2.45, 2.75) is 6.42 Å². The van der Waals surface area contributed by atoms with E-state index in [0.717, 1.165) is 26.1 Å². The molecule has 1 amide bonds. The minimum Gasteiger partial charge on any atom is -0.504 e. The molecule has 2 rings (SSSR count). The normalized spacial score (nSPS) is 16.4. The number of benzene rings is 1. The molecule has 0 atom stereocenters. The number of phenolic OH excluding ortho intramolecular Hbond substituents is 2. The Morgan fingerprint density at radius 2 is 1.85 bits per heavy atom. The number of nitrogens with zero attached hydrogens (tertiary/aromatic N) is 2. The number of rotatable bonds is 4. The number of amides is 1. The zero-order chi connectivity index (χ0) is 14.5. The van der Waals surface area contributed by atoms with Crippen LogP contribution >= 0.6 is 0 Å². The van der Waals surface area contributed by atoms with Gasteiger partial charge in [-0.05, 0) is 37.7 Å². The van der Waals surface area contributed by atoms with Gasteiger partial charge in [-0.1, -0.05) is 0 Å². The lowest BCUT2D eigenvalue weighted by Crippen LogP contribution is -2.49. The Labute approximate surface area is 118 Å². The molecule has 0 spiro atoms. The van der Waals surface area contributed by atoms with Crippen molar-refractivity contribution in [3.05, 3.63) is 23.8 Å². The molecule has 110 valence electrons. The highest BCUT2D eigenvalue weighted by molar-refractivity contribution is 5.95. The van der Waals surface area contributed by atoms with Crippen LogP contribution in [0.25, 0.3) is 0 Å². The summed E-state index contributed by atoms with van der Waals surface area (Å²) in [5.41, 5.74) is 5.89. The molecule has 0 unspecified atom stereocenters. The van der Waals surface area contributed by atoms with E-state index in [4.69, 9.17) is 5.73 Å². The summed E-state index contributed by atoms with van der Waals surface area (Å²) < 4.78 is 0. The van der Waals surface area contributed by atoms with Crippen LogP contribution < -0.4 is 5.73 Å². The van der Waals surface area contributed by atoms with Crippen LogP contribution in [-0.4, -0.2) is 65.2 Å². The Balaban J connectivity index is 1.92. The Morgan fingerprint density at radius 3 is 2.45 bits per heavy atom. The largest absolute Gasteiger partial charge is 0.504 e. The molecule has 1 fully saturated rings. The molecule has 1 aromatic rings. The van der Waals surface area contributed by atoms with Crippen molar-refractivity contribution in [1.29, 1.82) is 0 Å². The van der Waals surface area contributed by atoms with Gasteiger partial charge in [0.15, 0.2) is 11.5 Å². The molecule has 0 bridgehead atoms. The van der Waals surface area contributed by atoms with Crippen LogP contribution in [0.5, 0.6) is 11.5 Å². The van der Waals surface area contributed by atoms with Crippen molar-refractivity contribution in [1.82, 2.24) is 9.80 Å². The van der Waals surface area contributed by atoms with Crippen LogP contribution in [0.2, 0.25) is 0 Å². The average Bonchev–Trinajstić information content (AvgIpc) is 2.48. The maximum atomic E-state index is 12.3. The lowest BCUT2D eigenvalue weighted by molar-refractivity contribution is 0.0636. The summed E-state index contributed by atoms with van der Waals surface area (Å²) >= 11 is 0. The highest BCUT2D eigenvalue weighted by Crippen LogP contribution is 2.25. The van der Waals surface area contributed by atoms with Crippen LogP contribution in [0.1, 0.15) is 16.8 Å². The number of hydrogen-bond donors (Lipinski definition) is 3. The van der Waals surface area contributed by atoms with Crippen molar-refractivity contribution in [3.63, 3.8) is 0 Å². The van der Waals surface area contributed by atoms with Crippen molar-refractivity contribution < 1.29 is 15.0 Å². The quantitative estimate of drug-likeness (QED) is 0.685. The fourth-order valence-electron chi connectivity index (χ4n) is 2.33. The number of phenols is 2. The standard InChI is InChI=1S/C14H21N3O3/c15-4-1-5-16-6-8-17(9-7-16)14(20)11-2-3-12(18)13(19)10-11/h2-3,10,18-19H,1,4-9,15H2. The van der Waals surface area contributed by atoms with Gasteiger partial charge < -0.3 is 20.8 Å². The van der Waals surface area contributed by atoms with Crippen molar-refractivity contribution in [3.8, 4) is 11.5 Å². The second-order valence-electron chi connectivity index (χ2n) is 4.98. The Morgan fingerprint density at radius 1 is 1.15 bits per heavy atom. The predicted octanol–water partition coefficient (Wildman–Crippen LogP) is 0.204. The van der Waals surface area contributed by atoms with Crippen molar-refractivity contribution >= 4 is 5.91 Å². The number of aromatic hydroxyl groups is 2. The van der Waals surface area contributed by atoms with Gasteiger partial charge in [-0.3, -0.25) is 9.69 Å². The number of hydrogen-bond acceptors (Lipinski definition) is 5. The summed E-state index contributed by atoms with van der Waals surface area (Å²) in [5, 5.41) is 18.7. The molecule has 0 aromatic heterocycles. The molecule has 1 heterocycles. The fourth-order valence-corrected chi connectivity index (χ4v) is 2.33. The minimum atomic E-state index is -0.266. The molecule has 6 heteroatoms. The molecule has 0 aliphatic carbocycles. The van der Waals surface area contributed by atoms with E-state index < -0.39 is 0 Å². The molecule has 1 aliphatic heterocycles. The Hall–Kier alpha value is -1.79. The Kier molecular flexibility index (Phi) is 4.81. The fraction of sp³-hybridized carbons (Fsp3) is 0.500. The molecule has 4 N–H and O–H groups in total. The van der Waals surface area contributed by atoms with Crippen molar-refractivity contribution in [2.24, 2.45) is 5.73 Å². The maximum Gasteiger partial charge on any atom is 0.254 e. The third kappa shape index (κ3) is 3.40. The molecular weight excluding hydrogens is 258 g/mol. The van der Waals surface area contributed by atoms with Crippen LogP contribution in [0.3, 0.4) is 0 Å². The highest BCUT2D eigenvalue weighted by atomic mass is 16.3. The smallest absolute Gasteiger partial charge is 0.254 e. The molecule has 1 aromatic carbocycles. The number of carbonyl (C=O) groups excluding carboxylic acids is 1. The third-order valence-corrected chi connectivity index (χ3v) is 3.56. The van der Waals surface area contributed by atoms with Crippen LogP contribution in [0, 0.1) is 0 Å². The van der Waals surface area contributed by atoms with Gasteiger partial charge in [0.25, 0.3) is 5.91 Å². The highest BCUT2D eigenvalue weighted by Gasteiger charge is 2.22. The third-order valence-electron chi connectivity index (χ3n) is 3.56. The topological polar surface area (TPSA) is 90.0 Å². The van der Waals surface area contributed by atoms with Gasteiger partial charge in [-0.15, -0.1) is 0 Å². The molecular formula is C14H21N3O3. The van der Waals surface area contributed by atoms with Gasteiger partial charge in [-0.25, -0.2) is 0 Å². The molecule has 6 nitrogen and oxygen atoms in total. The molecule has 0 radical (unpaired) electrons. The number of carbonyl (C=O) groups is 1. The second-order valence-corrected chi connectivity index (χ2v) is 4.98. The summed E-state index contributed by atoms with van der Waals surface area (Å²) in [6, 6.07) is 4.16. The Bertz CT molecular complexity index is 471. The van der Waals surface area contributed by atoms with E-state index in [1.807, 2.05) is 0 Å². The van der Waals surface area contributed by atoms with E-state index in [-0.39, 0.29) is 17.4 Å². The first-order valence-electron chi connectivity index (χ1n) is 6.85. The lowest BCUT2D eigenvalue weighted by Gasteiger charge is -2.34. The molecule has 1 aliphatic rings. The predicted molar refractivity (Wildman–Crippen MR) is 75.8 cm³/mol. The summed E-state index contributed by atoms with van der Waals surface area (Å²) in [5.74, 6) is -0.593. The van der Waals surface area contributed by atoms with Gasteiger partial charge >= 0.3 is 0 Å². The first-order valence-corrected chi connectivity index (χ1v) is 6.85. The SMILES string of the molecule is NCCCN1CCN(C(=O)c2ccc(O)c(O)c2)CC1. The summed E-state index contributed by atoms with van der Waals surface area (Å²) in [6.07, 6.45) is 0.972. The van der Waals surface area contributed by atoms with Crippen molar-refractivity contribution in [2.75, 3.05) is 39.3 Å². The second kappa shape index (κ2) is 6.58.